The number of nitrogens with one attached hydrogen (secondary N) is 2. The van der Waals surface area contributed by atoms with Crippen molar-refractivity contribution in [2.24, 2.45) is 17.3 Å². The number of cyclic esters (lactones) is 1. The Bertz CT molecular complexity index is 2080. The molecule has 1 saturated heterocycles. The van der Waals surface area contributed by atoms with Crippen molar-refractivity contribution in [1.29, 1.82) is 0 Å². The fraction of sp³-hybridized carbons (Fsp3) is 0.511. The topological polar surface area (TPSA) is 135 Å². The van der Waals surface area contributed by atoms with Gasteiger partial charge in [-0.25, -0.2) is 5.43 Å². The van der Waals surface area contributed by atoms with Crippen molar-refractivity contribution in [3.8, 4) is 28.1 Å². The third-order valence-corrected chi connectivity index (χ3v) is 12.0. The number of hydrogen-bond donors (Lipinski definition) is 3. The van der Waals surface area contributed by atoms with Crippen LogP contribution >= 0.6 is 0 Å². The van der Waals surface area contributed by atoms with Crippen molar-refractivity contribution in [3.63, 3.8) is 0 Å². The van der Waals surface area contributed by atoms with E-state index < -0.39 is 23.5 Å². The number of phenolic OH excluding ortho intramolecular Hbond substituents is 1. The molecule has 11 heteroatoms. The average molecular weight is 764 g/mol. The lowest BCUT2D eigenvalue weighted by atomic mass is 9.80. The first-order valence-electron chi connectivity index (χ1n) is 20.4. The molecule has 2 amide bonds. The minimum atomic E-state index is -0.917. The van der Waals surface area contributed by atoms with E-state index in [1.165, 1.54) is 11.4 Å². The number of ether oxygens (including phenoxy) is 2. The zero-order valence-electron chi connectivity index (χ0n) is 33.5. The van der Waals surface area contributed by atoms with Gasteiger partial charge < -0.3 is 24.5 Å². The smallest absolute Gasteiger partial charge is 0.324 e. The number of amides is 2. The van der Waals surface area contributed by atoms with Crippen LogP contribution in [-0.4, -0.2) is 69.8 Å². The summed E-state index contributed by atoms with van der Waals surface area (Å²) in [5.41, 5.74) is 10.2. The molecule has 1 saturated carbocycles. The highest BCUT2D eigenvalue weighted by molar-refractivity contribution is 5.95. The number of carbonyl (C=O) groups is 3. The van der Waals surface area contributed by atoms with Crippen molar-refractivity contribution in [2.75, 3.05) is 20.3 Å². The predicted octanol–water partition coefficient (Wildman–Crippen LogP) is 7.11. The van der Waals surface area contributed by atoms with E-state index in [9.17, 15) is 19.5 Å². The number of aromatic hydroxyl groups is 1. The number of aryl methyl sites for hydroxylation is 1. The first kappa shape index (κ1) is 39.5. The maximum Gasteiger partial charge on any atom is 0.324 e. The van der Waals surface area contributed by atoms with Gasteiger partial charge in [-0.05, 0) is 104 Å². The van der Waals surface area contributed by atoms with Crippen molar-refractivity contribution in [1.82, 2.24) is 25.3 Å². The van der Waals surface area contributed by atoms with Crippen LogP contribution in [0.25, 0.3) is 33.3 Å². The minimum absolute atomic E-state index is 0.0757. The largest absolute Gasteiger partial charge is 0.508 e. The van der Waals surface area contributed by atoms with Gasteiger partial charge in [-0.15, -0.1) is 0 Å². The molecule has 2 aromatic carbocycles. The molecule has 6 bridgehead atoms. The maximum atomic E-state index is 14.4. The summed E-state index contributed by atoms with van der Waals surface area (Å²) >= 11 is 0. The monoisotopic (exact) mass is 763 g/mol. The molecule has 1 unspecified atom stereocenters. The number of methoxy groups -OCH3 is 1. The Morgan fingerprint density at radius 3 is 2.64 bits per heavy atom. The van der Waals surface area contributed by atoms with E-state index in [0.717, 1.165) is 70.2 Å². The second-order valence-electron chi connectivity index (χ2n) is 16.8. The molecule has 298 valence electrons. The second-order valence-corrected chi connectivity index (χ2v) is 16.8. The standard InChI is InChI=1S/C45H57N5O6/c1-6-49-40-17-16-31-24-35(40)36(41(49)34-14-10-18-46-39(34)26-55-5)25-45(3,4)27-56-44(54)37-15-11-19-50(48-37)43(53)38(22-29-20-32(31)23-33(51)21-29)47-42(52)28(2)30-12-8-7-9-13-30/h10,14,16-18,20-21,23-24,28,30,37-38,48,51H,6-9,11-13,15,19,22,25-27H2,1-5H3,(H,47,52)/t28?,37-,38-/m0/s1. The van der Waals surface area contributed by atoms with E-state index in [-0.39, 0.29) is 42.4 Å². The Morgan fingerprint density at radius 2 is 1.88 bits per heavy atom. The van der Waals surface area contributed by atoms with Crippen LogP contribution < -0.4 is 10.7 Å². The van der Waals surface area contributed by atoms with Gasteiger partial charge in [-0.1, -0.05) is 52.2 Å². The first-order valence-corrected chi connectivity index (χ1v) is 20.4. The highest BCUT2D eigenvalue weighted by Crippen LogP contribution is 2.41. The van der Waals surface area contributed by atoms with Crippen LogP contribution in [-0.2, 0) is 49.9 Å². The molecule has 3 atom stereocenters. The van der Waals surface area contributed by atoms with E-state index in [4.69, 9.17) is 14.5 Å². The third-order valence-electron chi connectivity index (χ3n) is 12.0. The fourth-order valence-corrected chi connectivity index (χ4v) is 9.07. The zero-order chi connectivity index (χ0) is 39.6. The Balaban J connectivity index is 1.35. The normalized spacial score (nSPS) is 21.3. The molecule has 2 fully saturated rings. The molecule has 2 aliphatic heterocycles. The SMILES string of the molecule is CCn1c(-c2cccnc2COC)c2c3cc(ccc31)-c1cc(O)cc(c1)C[C@H](NC(=O)C(C)C1CCCCC1)C(=O)N1CCC[C@H](N1)C(=O)OCC(C)(C)C2. The Labute approximate surface area is 330 Å². The number of esters is 1. The predicted molar refractivity (Wildman–Crippen MR) is 216 cm³/mol. The molecule has 1 aliphatic carbocycles. The van der Waals surface area contributed by atoms with Crippen LogP contribution in [0.4, 0.5) is 0 Å². The highest BCUT2D eigenvalue weighted by atomic mass is 16.5. The van der Waals surface area contributed by atoms with E-state index in [1.54, 1.807) is 25.4 Å². The number of aromatic nitrogens is 2. The lowest BCUT2D eigenvalue weighted by Crippen LogP contribution is -2.61. The van der Waals surface area contributed by atoms with Gasteiger partial charge in [0, 0.05) is 60.6 Å². The third kappa shape index (κ3) is 8.34. The van der Waals surface area contributed by atoms with E-state index >= 15 is 0 Å². The summed E-state index contributed by atoms with van der Waals surface area (Å²) < 4.78 is 14.0. The quantitative estimate of drug-likeness (QED) is 0.170. The van der Waals surface area contributed by atoms with Gasteiger partial charge in [0.15, 0.2) is 0 Å². The van der Waals surface area contributed by atoms with Crippen molar-refractivity contribution >= 4 is 28.7 Å². The highest BCUT2D eigenvalue weighted by Gasteiger charge is 2.36. The molecule has 7 rings (SSSR count). The van der Waals surface area contributed by atoms with Crippen LogP contribution in [0.1, 0.15) is 89.5 Å². The van der Waals surface area contributed by atoms with Gasteiger partial charge in [0.1, 0.15) is 17.8 Å². The lowest BCUT2D eigenvalue weighted by molar-refractivity contribution is -0.155. The van der Waals surface area contributed by atoms with Gasteiger partial charge in [-0.3, -0.25) is 24.4 Å². The number of nitrogens with zero attached hydrogens (tertiary/aromatic N) is 3. The summed E-state index contributed by atoms with van der Waals surface area (Å²) in [6, 6.07) is 14.2. The molecule has 0 radical (unpaired) electrons. The number of hydrazine groups is 1. The summed E-state index contributed by atoms with van der Waals surface area (Å²) in [5, 5.41) is 16.8. The van der Waals surface area contributed by atoms with Gasteiger partial charge in [-0.2, -0.15) is 0 Å². The zero-order valence-corrected chi connectivity index (χ0v) is 33.5. The lowest BCUT2D eigenvalue weighted by Gasteiger charge is -2.36. The van der Waals surface area contributed by atoms with Gasteiger partial charge in [0.25, 0.3) is 5.91 Å². The number of pyridine rings is 1. The summed E-state index contributed by atoms with van der Waals surface area (Å²) in [6.45, 7) is 9.93. The molecule has 4 heterocycles. The number of phenols is 1. The first-order chi connectivity index (χ1) is 27.0. The summed E-state index contributed by atoms with van der Waals surface area (Å²) in [6.07, 6.45) is 9.09. The molecule has 56 heavy (non-hydrogen) atoms. The molecule has 3 N–H and O–H groups in total. The Morgan fingerprint density at radius 1 is 1.07 bits per heavy atom. The molecular formula is C45H57N5O6. The summed E-state index contributed by atoms with van der Waals surface area (Å²) in [4.78, 5) is 46.7. The van der Waals surface area contributed by atoms with Crippen molar-refractivity contribution < 1.29 is 29.0 Å². The van der Waals surface area contributed by atoms with Crippen LogP contribution in [0.15, 0.2) is 54.7 Å². The molecule has 0 spiro atoms. The van der Waals surface area contributed by atoms with E-state index in [0.29, 0.717) is 44.5 Å². The van der Waals surface area contributed by atoms with Gasteiger partial charge in [0.05, 0.1) is 24.6 Å². The minimum Gasteiger partial charge on any atom is -0.508 e. The number of rotatable bonds is 7. The van der Waals surface area contributed by atoms with Crippen LogP contribution in [0.2, 0.25) is 0 Å². The van der Waals surface area contributed by atoms with Crippen molar-refractivity contribution in [3.05, 3.63) is 71.5 Å². The summed E-state index contributed by atoms with van der Waals surface area (Å²) in [5.74, 6) is -0.768. The number of benzene rings is 2. The fourth-order valence-electron chi connectivity index (χ4n) is 9.07. The molecule has 2 aromatic heterocycles. The molecule has 3 aliphatic rings. The van der Waals surface area contributed by atoms with Crippen LogP contribution in [0, 0.1) is 17.3 Å². The van der Waals surface area contributed by atoms with Gasteiger partial charge >= 0.3 is 5.97 Å². The van der Waals surface area contributed by atoms with Crippen molar-refractivity contribution in [2.45, 2.75) is 111 Å². The average Bonchev–Trinajstić information content (AvgIpc) is 3.50. The van der Waals surface area contributed by atoms with Crippen LogP contribution in [0.5, 0.6) is 5.75 Å². The van der Waals surface area contributed by atoms with E-state index in [2.05, 4.69) is 60.3 Å². The van der Waals surface area contributed by atoms with Gasteiger partial charge in [0.2, 0.25) is 5.91 Å². The molecular weight excluding hydrogens is 707 g/mol. The molecule has 4 aromatic rings. The number of fused-ring (bicyclic) bond motifs is 6. The second kappa shape index (κ2) is 16.8. The molecule has 11 nitrogen and oxygen atoms in total. The maximum absolute atomic E-state index is 14.4. The van der Waals surface area contributed by atoms with Crippen LogP contribution in [0.3, 0.4) is 0 Å². The number of hydrogen-bond acceptors (Lipinski definition) is 8. The number of carbonyl (C=O) groups excluding carboxylic acids is 3. The Kier molecular flexibility index (Phi) is 11.8. The Hall–Kier alpha value is -4.74. The summed E-state index contributed by atoms with van der Waals surface area (Å²) in [7, 11) is 1.67. The van der Waals surface area contributed by atoms with E-state index in [1.807, 2.05) is 19.1 Å².